The molecule has 1 N–H and O–H groups in total. The lowest BCUT2D eigenvalue weighted by Gasteiger charge is -2.33. The lowest BCUT2D eigenvalue weighted by Crippen LogP contribution is -2.53. The number of amides is 2. The van der Waals surface area contributed by atoms with Gasteiger partial charge in [0.05, 0.1) is 18.6 Å². The fraction of sp³-hybridized carbons (Fsp3) is 0.481. The van der Waals surface area contributed by atoms with E-state index in [9.17, 15) is 18.0 Å². The van der Waals surface area contributed by atoms with Gasteiger partial charge >= 0.3 is 0 Å². The molecule has 2 aromatic rings. The first-order valence-electron chi connectivity index (χ1n) is 12.6. The first-order valence-corrected chi connectivity index (χ1v) is 14.9. The van der Waals surface area contributed by atoms with Crippen LogP contribution in [0.25, 0.3) is 0 Å². The van der Waals surface area contributed by atoms with Gasteiger partial charge < -0.3 is 15.0 Å². The number of carbonyl (C=O) groups excluding carboxylic acids is 2. The minimum Gasteiger partial charge on any atom is -0.492 e. The second-order valence-corrected chi connectivity index (χ2v) is 11.7. The van der Waals surface area contributed by atoms with Crippen molar-refractivity contribution in [3.05, 3.63) is 59.1 Å². The molecule has 0 radical (unpaired) electrons. The van der Waals surface area contributed by atoms with E-state index >= 15 is 0 Å². The number of ether oxygens (including phenoxy) is 1. The number of hydrogen-bond donors (Lipinski definition) is 1. The summed E-state index contributed by atoms with van der Waals surface area (Å²) in [6.45, 7) is 3.42. The van der Waals surface area contributed by atoms with Gasteiger partial charge in [0.1, 0.15) is 18.3 Å². The molecule has 1 fully saturated rings. The molecule has 0 aromatic heterocycles. The van der Waals surface area contributed by atoms with Gasteiger partial charge in [-0.1, -0.05) is 55.1 Å². The maximum atomic E-state index is 13.7. The van der Waals surface area contributed by atoms with Crippen LogP contribution in [0.2, 0.25) is 5.02 Å². The summed E-state index contributed by atoms with van der Waals surface area (Å²) in [6, 6.07) is 13.0. The van der Waals surface area contributed by atoms with Crippen molar-refractivity contribution in [2.24, 2.45) is 0 Å². The second kappa shape index (κ2) is 13.1. The van der Waals surface area contributed by atoms with Crippen LogP contribution in [0, 0.1) is 0 Å². The van der Waals surface area contributed by atoms with Crippen molar-refractivity contribution in [3.8, 4) is 5.75 Å². The standard InChI is InChI=1S/C27H36ClN3O5S/c1-4-36-25-16-9-8-15-24(25)31(37(3,34)35)19-26(32)30(18-21-11-10-12-22(28)17-21)20(2)27(33)29-23-13-6-5-7-14-23/h8-12,15-17,20,23H,4-7,13-14,18-19H2,1-3H3,(H,29,33)/t20-/m0/s1. The van der Waals surface area contributed by atoms with Crippen molar-refractivity contribution >= 4 is 39.1 Å². The van der Waals surface area contributed by atoms with E-state index in [4.69, 9.17) is 16.3 Å². The predicted molar refractivity (Wildman–Crippen MR) is 146 cm³/mol. The van der Waals surface area contributed by atoms with Gasteiger partial charge in [-0.3, -0.25) is 13.9 Å². The average Bonchev–Trinajstić information content (AvgIpc) is 2.86. The van der Waals surface area contributed by atoms with Gasteiger partial charge in [-0.25, -0.2) is 8.42 Å². The van der Waals surface area contributed by atoms with Gasteiger partial charge in [-0.05, 0) is 56.5 Å². The Balaban J connectivity index is 1.90. The van der Waals surface area contributed by atoms with Gasteiger partial charge in [-0.15, -0.1) is 0 Å². The van der Waals surface area contributed by atoms with Crippen LogP contribution in [0.1, 0.15) is 51.5 Å². The highest BCUT2D eigenvalue weighted by atomic mass is 35.5. The summed E-state index contributed by atoms with van der Waals surface area (Å²) >= 11 is 6.17. The van der Waals surface area contributed by atoms with E-state index in [-0.39, 0.29) is 24.2 Å². The van der Waals surface area contributed by atoms with Crippen LogP contribution in [0.5, 0.6) is 5.75 Å². The highest BCUT2D eigenvalue weighted by Gasteiger charge is 2.32. The van der Waals surface area contributed by atoms with Crippen molar-refractivity contribution < 1.29 is 22.7 Å². The van der Waals surface area contributed by atoms with E-state index in [1.54, 1.807) is 56.3 Å². The van der Waals surface area contributed by atoms with E-state index in [0.29, 0.717) is 17.4 Å². The van der Waals surface area contributed by atoms with E-state index < -0.39 is 28.5 Å². The zero-order chi connectivity index (χ0) is 27.0. The summed E-state index contributed by atoms with van der Waals surface area (Å²) in [5, 5.41) is 3.59. The monoisotopic (exact) mass is 549 g/mol. The zero-order valence-electron chi connectivity index (χ0n) is 21.7. The Hall–Kier alpha value is -2.78. The predicted octanol–water partition coefficient (Wildman–Crippen LogP) is 4.37. The van der Waals surface area contributed by atoms with Gasteiger partial charge in [0.25, 0.3) is 0 Å². The first-order chi connectivity index (χ1) is 17.6. The lowest BCUT2D eigenvalue weighted by molar-refractivity contribution is -0.139. The van der Waals surface area contributed by atoms with Crippen LogP contribution in [0.3, 0.4) is 0 Å². The van der Waals surface area contributed by atoms with Crippen LogP contribution in [0.15, 0.2) is 48.5 Å². The number of nitrogens with one attached hydrogen (secondary N) is 1. The molecule has 0 unspecified atom stereocenters. The van der Waals surface area contributed by atoms with Crippen molar-refractivity contribution in [2.45, 2.75) is 64.6 Å². The molecule has 0 aliphatic heterocycles. The van der Waals surface area contributed by atoms with Crippen molar-refractivity contribution in [3.63, 3.8) is 0 Å². The number of halogens is 1. The molecule has 1 saturated carbocycles. The maximum absolute atomic E-state index is 13.7. The number of sulfonamides is 1. The third kappa shape index (κ3) is 8.10. The van der Waals surface area contributed by atoms with E-state index in [2.05, 4.69) is 5.32 Å². The molecule has 1 aliphatic rings. The molecule has 1 atom stereocenters. The Labute approximate surface area is 225 Å². The molecule has 0 heterocycles. The van der Waals surface area contributed by atoms with Crippen molar-refractivity contribution in [1.82, 2.24) is 10.2 Å². The summed E-state index contributed by atoms with van der Waals surface area (Å²) in [4.78, 5) is 28.4. The second-order valence-electron chi connectivity index (χ2n) is 9.34. The molecule has 1 aliphatic carbocycles. The number of carbonyl (C=O) groups is 2. The Morgan fingerprint density at radius 1 is 1.11 bits per heavy atom. The van der Waals surface area contributed by atoms with Crippen LogP contribution in [0.4, 0.5) is 5.69 Å². The van der Waals surface area contributed by atoms with Crippen LogP contribution in [-0.4, -0.2) is 56.6 Å². The molecule has 3 rings (SSSR count). The van der Waals surface area contributed by atoms with Crippen molar-refractivity contribution in [2.75, 3.05) is 23.7 Å². The van der Waals surface area contributed by atoms with Crippen LogP contribution >= 0.6 is 11.6 Å². The highest BCUT2D eigenvalue weighted by molar-refractivity contribution is 7.92. The molecule has 0 bridgehead atoms. The SMILES string of the molecule is CCOc1ccccc1N(CC(=O)N(Cc1cccc(Cl)c1)[C@@H](C)C(=O)NC1CCCCC1)S(C)(=O)=O. The first kappa shape index (κ1) is 28.8. The molecule has 0 saturated heterocycles. The average molecular weight is 550 g/mol. The van der Waals surface area contributed by atoms with Gasteiger partial charge in [0.15, 0.2) is 0 Å². The summed E-state index contributed by atoms with van der Waals surface area (Å²) in [5.74, 6) is -0.418. The third-order valence-electron chi connectivity index (χ3n) is 6.47. The Morgan fingerprint density at radius 2 is 1.81 bits per heavy atom. The molecule has 202 valence electrons. The highest BCUT2D eigenvalue weighted by Crippen LogP contribution is 2.30. The Morgan fingerprint density at radius 3 is 2.46 bits per heavy atom. The minimum absolute atomic E-state index is 0.0809. The quantitative estimate of drug-likeness (QED) is 0.449. The van der Waals surface area contributed by atoms with Crippen LogP contribution in [-0.2, 0) is 26.2 Å². The van der Waals surface area contributed by atoms with Gasteiger partial charge in [0.2, 0.25) is 21.8 Å². The number of hydrogen-bond acceptors (Lipinski definition) is 5. The number of benzene rings is 2. The Bertz CT molecular complexity index is 1180. The topological polar surface area (TPSA) is 96.0 Å². The van der Waals surface area contributed by atoms with Crippen molar-refractivity contribution in [1.29, 1.82) is 0 Å². The number of rotatable bonds is 11. The molecule has 10 heteroatoms. The normalized spacial score (nSPS) is 15.0. The van der Waals surface area contributed by atoms with Gasteiger partial charge in [-0.2, -0.15) is 0 Å². The molecular weight excluding hydrogens is 514 g/mol. The molecule has 0 spiro atoms. The fourth-order valence-electron chi connectivity index (χ4n) is 4.52. The summed E-state index contributed by atoms with van der Waals surface area (Å²) in [7, 11) is -3.85. The number of anilines is 1. The summed E-state index contributed by atoms with van der Waals surface area (Å²) in [6.07, 6.45) is 6.16. The van der Waals surface area contributed by atoms with E-state index in [1.807, 2.05) is 6.07 Å². The summed E-state index contributed by atoms with van der Waals surface area (Å²) in [5.41, 5.74) is 1.00. The fourth-order valence-corrected chi connectivity index (χ4v) is 5.58. The van der Waals surface area contributed by atoms with Crippen LogP contribution < -0.4 is 14.4 Å². The minimum atomic E-state index is -3.85. The molecule has 2 aromatic carbocycles. The molecule has 37 heavy (non-hydrogen) atoms. The van der Waals surface area contributed by atoms with Gasteiger partial charge in [0, 0.05) is 17.6 Å². The summed E-state index contributed by atoms with van der Waals surface area (Å²) < 4.78 is 32.3. The molecule has 2 amide bonds. The molecular formula is C27H36ClN3O5S. The number of para-hydroxylation sites is 2. The zero-order valence-corrected chi connectivity index (χ0v) is 23.2. The maximum Gasteiger partial charge on any atom is 0.244 e. The lowest BCUT2D eigenvalue weighted by atomic mass is 9.95. The van der Waals surface area contributed by atoms with E-state index in [0.717, 1.165) is 48.2 Å². The Kier molecular flexibility index (Phi) is 10.2. The largest absolute Gasteiger partial charge is 0.492 e. The smallest absolute Gasteiger partial charge is 0.244 e. The number of nitrogens with zero attached hydrogens (tertiary/aromatic N) is 2. The molecule has 8 nitrogen and oxygen atoms in total. The van der Waals surface area contributed by atoms with E-state index in [1.165, 1.54) is 4.90 Å². The third-order valence-corrected chi connectivity index (χ3v) is 7.84.